The van der Waals surface area contributed by atoms with Gasteiger partial charge in [-0.3, -0.25) is 5.43 Å². The molecule has 0 aliphatic rings. The van der Waals surface area contributed by atoms with Crippen molar-refractivity contribution in [1.29, 1.82) is 0 Å². The van der Waals surface area contributed by atoms with Gasteiger partial charge in [0.1, 0.15) is 5.82 Å². The number of rotatable bonds is 7. The Morgan fingerprint density at radius 2 is 2.00 bits per heavy atom. The monoisotopic (exact) mass is 284 g/mol. The summed E-state index contributed by atoms with van der Waals surface area (Å²) in [5.74, 6) is -0.303. The largest absolute Gasteiger partial charge is 0.373 e. The second kappa shape index (κ2) is 7.97. The van der Waals surface area contributed by atoms with E-state index in [4.69, 9.17) is 4.74 Å². The number of anilines is 1. The Bertz CT molecular complexity index is 611. The van der Waals surface area contributed by atoms with Crippen LogP contribution in [0.25, 0.3) is 0 Å². The van der Waals surface area contributed by atoms with E-state index >= 15 is 0 Å². The van der Waals surface area contributed by atoms with Crippen LogP contribution in [0, 0.1) is 5.82 Å². The van der Waals surface area contributed by atoms with Gasteiger partial charge in [-0.1, -0.05) is 36.4 Å². The fourth-order valence-corrected chi connectivity index (χ4v) is 1.71. The lowest BCUT2D eigenvalue weighted by Crippen LogP contribution is -1.97. The van der Waals surface area contributed by atoms with Crippen LogP contribution >= 0.6 is 0 Å². The van der Waals surface area contributed by atoms with Crippen molar-refractivity contribution >= 4 is 11.9 Å². The molecule has 4 heteroatoms. The molecule has 0 unspecified atom stereocenters. The van der Waals surface area contributed by atoms with Crippen molar-refractivity contribution in [3.05, 3.63) is 78.1 Å². The topological polar surface area (TPSA) is 33.6 Å². The van der Waals surface area contributed by atoms with E-state index in [1.165, 1.54) is 6.07 Å². The number of halogens is 1. The highest BCUT2D eigenvalue weighted by atomic mass is 19.1. The van der Waals surface area contributed by atoms with Crippen LogP contribution in [0.4, 0.5) is 10.1 Å². The van der Waals surface area contributed by atoms with E-state index in [0.717, 1.165) is 5.69 Å². The molecule has 2 aromatic rings. The zero-order valence-corrected chi connectivity index (χ0v) is 11.6. The molecule has 1 N–H and O–H groups in total. The van der Waals surface area contributed by atoms with E-state index in [1.54, 1.807) is 24.4 Å². The minimum Gasteiger partial charge on any atom is -0.373 e. The fraction of sp³-hybridized carbons (Fsp3) is 0.118. The third-order valence-electron chi connectivity index (χ3n) is 2.75. The molecule has 2 aromatic carbocycles. The van der Waals surface area contributed by atoms with Gasteiger partial charge in [0, 0.05) is 5.56 Å². The van der Waals surface area contributed by atoms with E-state index in [9.17, 15) is 4.39 Å². The van der Waals surface area contributed by atoms with Crippen LogP contribution in [0.15, 0.2) is 66.3 Å². The molecule has 0 bridgehead atoms. The highest BCUT2D eigenvalue weighted by molar-refractivity contribution is 5.80. The van der Waals surface area contributed by atoms with Crippen molar-refractivity contribution in [3.63, 3.8) is 0 Å². The van der Waals surface area contributed by atoms with Crippen LogP contribution < -0.4 is 5.43 Å². The Balaban J connectivity index is 1.95. The second-order valence-corrected chi connectivity index (χ2v) is 4.39. The molecule has 108 valence electrons. The van der Waals surface area contributed by atoms with E-state index in [2.05, 4.69) is 17.1 Å². The van der Waals surface area contributed by atoms with Crippen molar-refractivity contribution in [2.45, 2.75) is 6.61 Å². The predicted molar refractivity (Wildman–Crippen MR) is 83.9 cm³/mol. The minimum absolute atomic E-state index is 0.234. The Hall–Kier alpha value is -2.46. The van der Waals surface area contributed by atoms with Crippen LogP contribution in [0.3, 0.4) is 0 Å². The van der Waals surface area contributed by atoms with E-state index in [0.29, 0.717) is 17.7 Å². The quantitative estimate of drug-likeness (QED) is 0.361. The zero-order chi connectivity index (χ0) is 14.9. The second-order valence-electron chi connectivity index (χ2n) is 4.39. The number of nitrogens with zero attached hydrogens (tertiary/aromatic N) is 1. The summed E-state index contributed by atoms with van der Waals surface area (Å²) in [6.07, 6.45) is 3.21. The molecular weight excluding hydrogens is 267 g/mol. The minimum atomic E-state index is -0.303. The van der Waals surface area contributed by atoms with Gasteiger partial charge in [-0.15, -0.1) is 6.58 Å². The number of ether oxygens (including phenoxy) is 1. The molecule has 0 fully saturated rings. The maximum atomic E-state index is 13.8. The molecule has 0 heterocycles. The van der Waals surface area contributed by atoms with Gasteiger partial charge in [0.25, 0.3) is 0 Å². The molecule has 0 amide bonds. The first-order valence-corrected chi connectivity index (χ1v) is 6.61. The first-order valence-electron chi connectivity index (χ1n) is 6.61. The third-order valence-corrected chi connectivity index (χ3v) is 2.75. The van der Waals surface area contributed by atoms with Gasteiger partial charge in [0.05, 0.1) is 25.1 Å². The molecular formula is C17H17FN2O. The lowest BCUT2D eigenvalue weighted by molar-refractivity contribution is 0.146. The molecule has 0 saturated heterocycles. The van der Waals surface area contributed by atoms with Crippen molar-refractivity contribution in [1.82, 2.24) is 0 Å². The number of hydrogen-bond donors (Lipinski definition) is 1. The SMILES string of the molecule is C=CCOCc1ccc(C=NNc2ccccc2)cc1F. The van der Waals surface area contributed by atoms with Gasteiger partial charge in [-0.05, 0) is 23.8 Å². The van der Waals surface area contributed by atoms with Crippen molar-refractivity contribution < 1.29 is 9.13 Å². The highest BCUT2D eigenvalue weighted by Crippen LogP contribution is 2.11. The summed E-state index contributed by atoms with van der Waals surface area (Å²) in [6, 6.07) is 14.5. The van der Waals surface area contributed by atoms with E-state index in [1.807, 2.05) is 30.3 Å². The molecule has 0 spiro atoms. The summed E-state index contributed by atoms with van der Waals surface area (Å²) >= 11 is 0. The van der Waals surface area contributed by atoms with E-state index in [-0.39, 0.29) is 12.4 Å². The van der Waals surface area contributed by atoms with Gasteiger partial charge < -0.3 is 4.74 Å². The number of hydrogen-bond acceptors (Lipinski definition) is 3. The average Bonchev–Trinajstić information content (AvgIpc) is 2.51. The number of benzene rings is 2. The summed E-state index contributed by atoms with van der Waals surface area (Å²) < 4.78 is 19.1. The maximum absolute atomic E-state index is 13.8. The van der Waals surface area contributed by atoms with Crippen molar-refractivity contribution in [3.8, 4) is 0 Å². The molecule has 0 aromatic heterocycles. The Morgan fingerprint density at radius 1 is 1.19 bits per heavy atom. The first-order chi connectivity index (χ1) is 10.3. The van der Waals surface area contributed by atoms with Crippen LogP contribution in [0.2, 0.25) is 0 Å². The standard InChI is InChI=1S/C17H17FN2O/c1-2-10-21-13-15-9-8-14(11-17(15)18)12-19-20-16-6-4-3-5-7-16/h2-9,11-12,20H,1,10,13H2. The number of nitrogens with one attached hydrogen (secondary N) is 1. The van der Waals surface area contributed by atoms with Crippen molar-refractivity contribution in [2.75, 3.05) is 12.0 Å². The normalized spacial score (nSPS) is 10.7. The number of para-hydroxylation sites is 1. The van der Waals surface area contributed by atoms with Gasteiger partial charge >= 0.3 is 0 Å². The predicted octanol–water partition coefficient (Wildman–Crippen LogP) is 3.97. The fourth-order valence-electron chi connectivity index (χ4n) is 1.71. The maximum Gasteiger partial charge on any atom is 0.129 e. The summed E-state index contributed by atoms with van der Waals surface area (Å²) in [6.45, 7) is 4.18. The van der Waals surface area contributed by atoms with Crippen LogP contribution in [-0.2, 0) is 11.3 Å². The molecule has 0 aliphatic carbocycles. The smallest absolute Gasteiger partial charge is 0.129 e. The number of hydrazone groups is 1. The van der Waals surface area contributed by atoms with E-state index < -0.39 is 0 Å². The molecule has 3 nitrogen and oxygen atoms in total. The summed E-state index contributed by atoms with van der Waals surface area (Å²) in [4.78, 5) is 0. The zero-order valence-electron chi connectivity index (χ0n) is 11.6. The Morgan fingerprint density at radius 3 is 2.71 bits per heavy atom. The lowest BCUT2D eigenvalue weighted by Gasteiger charge is -2.04. The highest BCUT2D eigenvalue weighted by Gasteiger charge is 2.02. The summed E-state index contributed by atoms with van der Waals surface area (Å²) in [5.41, 5.74) is 4.96. The third kappa shape index (κ3) is 4.85. The molecule has 0 aliphatic heterocycles. The van der Waals surface area contributed by atoms with Gasteiger partial charge in [-0.2, -0.15) is 5.10 Å². The molecule has 2 rings (SSSR count). The lowest BCUT2D eigenvalue weighted by atomic mass is 10.1. The Kier molecular flexibility index (Phi) is 5.67. The first kappa shape index (κ1) is 14.9. The van der Waals surface area contributed by atoms with Crippen LogP contribution in [-0.4, -0.2) is 12.8 Å². The van der Waals surface area contributed by atoms with Gasteiger partial charge in [0.15, 0.2) is 0 Å². The molecule has 0 radical (unpaired) electrons. The van der Waals surface area contributed by atoms with Gasteiger partial charge in [-0.25, -0.2) is 4.39 Å². The molecule has 0 saturated carbocycles. The molecule has 0 atom stereocenters. The van der Waals surface area contributed by atoms with Crippen molar-refractivity contribution in [2.24, 2.45) is 5.10 Å². The van der Waals surface area contributed by atoms with Gasteiger partial charge in [0.2, 0.25) is 0 Å². The summed E-state index contributed by atoms with van der Waals surface area (Å²) in [5, 5.41) is 4.07. The summed E-state index contributed by atoms with van der Waals surface area (Å²) in [7, 11) is 0. The van der Waals surface area contributed by atoms with Crippen LogP contribution in [0.5, 0.6) is 0 Å². The molecule has 21 heavy (non-hydrogen) atoms. The average molecular weight is 284 g/mol. The van der Waals surface area contributed by atoms with Crippen LogP contribution in [0.1, 0.15) is 11.1 Å². The Labute approximate surface area is 123 Å².